The third-order valence-electron chi connectivity index (χ3n) is 4.72. The number of carbonyl (C=O) groups excluding carboxylic acids is 2. The fourth-order valence-electron chi connectivity index (χ4n) is 2.99. The van der Waals surface area contributed by atoms with E-state index in [1.807, 2.05) is 0 Å². The van der Waals surface area contributed by atoms with Crippen LogP contribution in [-0.2, 0) is 0 Å². The molecule has 0 aromatic heterocycles. The summed E-state index contributed by atoms with van der Waals surface area (Å²) in [4.78, 5) is 25.0. The van der Waals surface area contributed by atoms with Crippen LogP contribution in [0.5, 0.6) is 28.7 Å². The maximum atomic E-state index is 12.7. The minimum atomic E-state index is -0.489. The van der Waals surface area contributed by atoms with Gasteiger partial charge in [-0.05, 0) is 48.5 Å². The molecule has 34 heavy (non-hydrogen) atoms. The number of nitrogens with zero attached hydrogens (tertiary/aromatic N) is 1. The second-order valence-electron chi connectivity index (χ2n) is 6.89. The molecule has 0 heterocycles. The van der Waals surface area contributed by atoms with Crippen LogP contribution >= 0.6 is 0 Å². The van der Waals surface area contributed by atoms with Gasteiger partial charge in [0.05, 0.1) is 27.5 Å². The first-order valence-electron chi connectivity index (χ1n) is 9.93. The predicted octanol–water partition coefficient (Wildman–Crippen LogP) is 3.14. The molecule has 10 heteroatoms. The van der Waals surface area contributed by atoms with E-state index in [1.54, 1.807) is 12.1 Å². The fraction of sp³-hybridized carbons (Fsp3) is 0.125. The van der Waals surface area contributed by atoms with Gasteiger partial charge in [-0.2, -0.15) is 5.10 Å². The van der Waals surface area contributed by atoms with E-state index < -0.39 is 11.8 Å². The van der Waals surface area contributed by atoms with Crippen molar-refractivity contribution in [2.24, 2.45) is 5.10 Å². The Labute approximate surface area is 195 Å². The van der Waals surface area contributed by atoms with E-state index in [0.29, 0.717) is 39.6 Å². The van der Waals surface area contributed by atoms with Gasteiger partial charge in [-0.15, -0.1) is 0 Å². The molecule has 0 saturated heterocycles. The lowest BCUT2D eigenvalue weighted by molar-refractivity contribution is 0.0954. The molecule has 0 aliphatic carbocycles. The Morgan fingerprint density at radius 2 is 1.47 bits per heavy atom. The number of hydrazone groups is 1. The van der Waals surface area contributed by atoms with Crippen molar-refractivity contribution in [3.8, 4) is 28.7 Å². The molecule has 3 rings (SSSR count). The third-order valence-corrected chi connectivity index (χ3v) is 4.72. The normalized spacial score (nSPS) is 10.6. The molecule has 0 unspecified atom stereocenters. The third kappa shape index (κ3) is 5.54. The summed E-state index contributed by atoms with van der Waals surface area (Å²) in [5.74, 6) is -0.0892. The van der Waals surface area contributed by atoms with Gasteiger partial charge in [0, 0.05) is 28.4 Å². The quantitative estimate of drug-likeness (QED) is 0.296. The standard InChI is InChI=1S/C24H23N3O7/c1-32-20-10-16(11-21(33-2)22(20)34-3)23(30)26-17-7-4-14(5-8-17)24(31)27-25-13-15-6-9-18(28)12-19(15)29/h4-13,28-29H,1-3H3,(H,26,30)(H,27,31)/b25-13-. The summed E-state index contributed by atoms with van der Waals surface area (Å²) in [6, 6.07) is 13.2. The molecule has 0 aliphatic rings. The minimum absolute atomic E-state index is 0.0869. The van der Waals surface area contributed by atoms with Crippen LogP contribution in [0.2, 0.25) is 0 Å². The number of hydrogen-bond donors (Lipinski definition) is 4. The average Bonchev–Trinajstić information content (AvgIpc) is 2.84. The van der Waals surface area contributed by atoms with Gasteiger partial charge in [-0.25, -0.2) is 5.43 Å². The van der Waals surface area contributed by atoms with E-state index in [1.165, 1.54) is 63.9 Å². The number of phenols is 2. The number of rotatable bonds is 8. The van der Waals surface area contributed by atoms with Crippen molar-refractivity contribution in [1.29, 1.82) is 0 Å². The Bertz CT molecular complexity index is 1200. The largest absolute Gasteiger partial charge is 0.508 e. The van der Waals surface area contributed by atoms with Crippen molar-refractivity contribution in [1.82, 2.24) is 5.43 Å². The Hall–Kier alpha value is -4.73. The molecule has 0 saturated carbocycles. The SMILES string of the molecule is COc1cc(C(=O)Nc2ccc(C(=O)N/N=C\c3ccc(O)cc3O)cc2)cc(OC)c1OC. The van der Waals surface area contributed by atoms with Crippen LogP contribution in [0.4, 0.5) is 5.69 Å². The van der Waals surface area contributed by atoms with E-state index in [4.69, 9.17) is 14.2 Å². The van der Waals surface area contributed by atoms with Crippen LogP contribution in [0.1, 0.15) is 26.3 Å². The summed E-state index contributed by atoms with van der Waals surface area (Å²) in [5.41, 5.74) is 3.73. The van der Waals surface area contributed by atoms with Gasteiger partial charge in [0.15, 0.2) is 11.5 Å². The predicted molar refractivity (Wildman–Crippen MR) is 125 cm³/mol. The van der Waals surface area contributed by atoms with Gasteiger partial charge in [-0.1, -0.05) is 0 Å². The highest BCUT2D eigenvalue weighted by Gasteiger charge is 2.17. The van der Waals surface area contributed by atoms with Crippen LogP contribution in [-0.4, -0.2) is 49.6 Å². The van der Waals surface area contributed by atoms with Gasteiger partial charge in [0.25, 0.3) is 11.8 Å². The Balaban J connectivity index is 1.65. The van der Waals surface area contributed by atoms with Crippen molar-refractivity contribution in [2.45, 2.75) is 0 Å². The number of anilines is 1. The van der Waals surface area contributed by atoms with Crippen LogP contribution in [0.15, 0.2) is 59.7 Å². The van der Waals surface area contributed by atoms with E-state index in [9.17, 15) is 19.8 Å². The molecule has 3 aromatic rings. The monoisotopic (exact) mass is 465 g/mol. The maximum Gasteiger partial charge on any atom is 0.271 e. The van der Waals surface area contributed by atoms with Crippen molar-refractivity contribution in [3.63, 3.8) is 0 Å². The molecule has 0 aliphatic heterocycles. The van der Waals surface area contributed by atoms with Crippen LogP contribution in [0.25, 0.3) is 0 Å². The first-order valence-corrected chi connectivity index (χ1v) is 9.93. The van der Waals surface area contributed by atoms with Gasteiger partial charge < -0.3 is 29.7 Å². The number of nitrogens with one attached hydrogen (secondary N) is 2. The zero-order valence-electron chi connectivity index (χ0n) is 18.7. The number of hydrogen-bond acceptors (Lipinski definition) is 8. The number of amides is 2. The summed E-state index contributed by atoms with van der Waals surface area (Å²) >= 11 is 0. The van der Waals surface area contributed by atoms with Gasteiger partial charge in [-0.3, -0.25) is 9.59 Å². The lowest BCUT2D eigenvalue weighted by atomic mass is 10.1. The first kappa shape index (κ1) is 23.9. The molecule has 4 N–H and O–H groups in total. The second kappa shape index (κ2) is 10.7. The fourth-order valence-corrected chi connectivity index (χ4v) is 2.99. The van der Waals surface area contributed by atoms with Crippen molar-refractivity contribution < 1.29 is 34.0 Å². The van der Waals surface area contributed by atoms with E-state index in [-0.39, 0.29) is 11.5 Å². The number of methoxy groups -OCH3 is 3. The van der Waals surface area contributed by atoms with E-state index in [0.717, 1.165) is 6.07 Å². The lowest BCUT2D eigenvalue weighted by Crippen LogP contribution is -2.18. The summed E-state index contributed by atoms with van der Waals surface area (Å²) in [5, 5.41) is 25.6. The maximum absolute atomic E-state index is 12.7. The number of phenolic OH excluding ortho intramolecular Hbond substituents is 2. The van der Waals surface area contributed by atoms with Gasteiger partial charge in [0.1, 0.15) is 11.5 Å². The molecule has 2 amide bonds. The molecular weight excluding hydrogens is 442 g/mol. The molecule has 0 radical (unpaired) electrons. The van der Waals surface area contributed by atoms with E-state index in [2.05, 4.69) is 15.8 Å². The van der Waals surface area contributed by atoms with Crippen LogP contribution < -0.4 is 25.0 Å². The summed E-state index contributed by atoms with van der Waals surface area (Å²) < 4.78 is 15.8. The zero-order chi connectivity index (χ0) is 24.7. The second-order valence-corrected chi connectivity index (χ2v) is 6.89. The van der Waals surface area contributed by atoms with Crippen LogP contribution in [0.3, 0.4) is 0 Å². The van der Waals surface area contributed by atoms with Crippen LogP contribution in [0, 0.1) is 0 Å². The number of aromatic hydroxyl groups is 2. The average molecular weight is 465 g/mol. The molecule has 176 valence electrons. The molecule has 3 aromatic carbocycles. The zero-order valence-corrected chi connectivity index (χ0v) is 18.7. The highest BCUT2D eigenvalue weighted by Crippen LogP contribution is 2.38. The number of benzene rings is 3. The van der Waals surface area contributed by atoms with Gasteiger partial charge >= 0.3 is 0 Å². The molecule has 10 nitrogen and oxygen atoms in total. The minimum Gasteiger partial charge on any atom is -0.508 e. The molecule has 0 atom stereocenters. The highest BCUT2D eigenvalue weighted by molar-refractivity contribution is 6.05. The van der Waals surface area contributed by atoms with E-state index >= 15 is 0 Å². The van der Waals surface area contributed by atoms with Crippen molar-refractivity contribution >= 4 is 23.7 Å². The highest BCUT2D eigenvalue weighted by atomic mass is 16.5. The topological polar surface area (TPSA) is 139 Å². The molecule has 0 spiro atoms. The molecule has 0 fully saturated rings. The number of ether oxygens (including phenoxy) is 3. The Kier molecular flexibility index (Phi) is 7.55. The van der Waals surface area contributed by atoms with Gasteiger partial charge in [0.2, 0.25) is 5.75 Å². The summed E-state index contributed by atoms with van der Waals surface area (Å²) in [6.45, 7) is 0. The Morgan fingerprint density at radius 3 is 2.03 bits per heavy atom. The molecule has 0 bridgehead atoms. The molecular formula is C24H23N3O7. The number of carbonyl (C=O) groups is 2. The smallest absolute Gasteiger partial charge is 0.271 e. The first-order chi connectivity index (χ1) is 16.4. The van der Waals surface area contributed by atoms with Crippen molar-refractivity contribution in [2.75, 3.05) is 26.6 Å². The Morgan fingerprint density at radius 1 is 0.824 bits per heavy atom. The van der Waals surface area contributed by atoms with Crippen molar-refractivity contribution in [3.05, 3.63) is 71.3 Å². The summed E-state index contributed by atoms with van der Waals surface area (Å²) in [6.07, 6.45) is 1.25. The summed E-state index contributed by atoms with van der Waals surface area (Å²) in [7, 11) is 4.39. The lowest BCUT2D eigenvalue weighted by Gasteiger charge is -2.14.